The molecule has 0 saturated heterocycles. The Bertz CT molecular complexity index is 560. The van der Waals surface area contributed by atoms with Crippen LogP contribution in [0.5, 0.6) is 0 Å². The fourth-order valence-electron chi connectivity index (χ4n) is 1.75. The van der Waals surface area contributed by atoms with Crippen molar-refractivity contribution in [2.75, 3.05) is 0 Å². The van der Waals surface area contributed by atoms with E-state index in [2.05, 4.69) is 61.0 Å². The van der Waals surface area contributed by atoms with E-state index in [0.717, 1.165) is 5.65 Å². The van der Waals surface area contributed by atoms with Crippen LogP contribution in [0.2, 0.25) is 0 Å². The monoisotopic (exact) mass is 294 g/mol. The molecule has 68 valence electrons. The molecule has 2 nitrogen and oxygen atoms in total. The van der Waals surface area contributed by atoms with Gasteiger partial charge in [0.1, 0.15) is 5.65 Å². The van der Waals surface area contributed by atoms with Gasteiger partial charge in [-0.2, -0.15) is 0 Å². The minimum Gasteiger partial charge on any atom is -0.266 e. The van der Waals surface area contributed by atoms with Gasteiger partial charge in [-0.3, -0.25) is 2.78 Å². The number of halogens is 1. The van der Waals surface area contributed by atoms with Crippen LogP contribution in [0, 0.1) is 0 Å². The maximum absolute atomic E-state index is 4.37. The van der Waals surface area contributed by atoms with E-state index < -0.39 is 0 Å². The van der Waals surface area contributed by atoms with E-state index in [1.165, 1.54) is 16.3 Å². The van der Waals surface area contributed by atoms with Gasteiger partial charge in [0.2, 0.25) is 0 Å². The summed E-state index contributed by atoms with van der Waals surface area (Å²) < 4.78 is 2.10. The lowest BCUT2D eigenvalue weighted by Crippen LogP contribution is -1.79. The zero-order valence-electron chi connectivity index (χ0n) is 7.31. The fraction of sp³-hybridized carbons (Fsp3) is 0. The van der Waals surface area contributed by atoms with Crippen molar-refractivity contribution in [3.8, 4) is 0 Å². The largest absolute Gasteiger partial charge is 0.266 e. The van der Waals surface area contributed by atoms with E-state index in [-0.39, 0.29) is 0 Å². The highest BCUT2D eigenvalue weighted by molar-refractivity contribution is 14.1. The van der Waals surface area contributed by atoms with Crippen molar-refractivity contribution in [2.24, 2.45) is 0 Å². The third-order valence-electron chi connectivity index (χ3n) is 2.38. The van der Waals surface area contributed by atoms with Gasteiger partial charge in [0, 0.05) is 17.0 Å². The van der Waals surface area contributed by atoms with Crippen molar-refractivity contribution in [3.63, 3.8) is 0 Å². The van der Waals surface area contributed by atoms with E-state index in [1.54, 1.807) is 0 Å². The van der Waals surface area contributed by atoms with E-state index in [9.17, 15) is 0 Å². The summed E-state index contributed by atoms with van der Waals surface area (Å²) in [4.78, 5) is 4.37. The molecule has 0 atom stereocenters. The summed E-state index contributed by atoms with van der Waals surface area (Å²) in [7, 11) is 0. The fourth-order valence-corrected chi connectivity index (χ4v) is 2.56. The Morgan fingerprint density at radius 1 is 1.00 bits per heavy atom. The number of aromatic nitrogens is 2. The minimum absolute atomic E-state index is 1.04. The average Bonchev–Trinajstić information content (AvgIpc) is 2.55. The number of hydrogen-bond donors (Lipinski definition) is 0. The van der Waals surface area contributed by atoms with Crippen molar-refractivity contribution in [2.45, 2.75) is 0 Å². The van der Waals surface area contributed by atoms with Crippen LogP contribution in [0.4, 0.5) is 0 Å². The first-order valence-corrected chi connectivity index (χ1v) is 5.35. The van der Waals surface area contributed by atoms with Gasteiger partial charge < -0.3 is 0 Å². The molecular weight excluding hydrogens is 287 g/mol. The summed E-state index contributed by atoms with van der Waals surface area (Å²) in [6.45, 7) is 0. The Morgan fingerprint density at radius 2 is 1.79 bits per heavy atom. The average molecular weight is 294 g/mol. The van der Waals surface area contributed by atoms with Gasteiger partial charge in [-0.25, -0.2) is 4.98 Å². The molecule has 0 aliphatic carbocycles. The van der Waals surface area contributed by atoms with Gasteiger partial charge in [0.05, 0.1) is 28.4 Å². The molecule has 0 aliphatic heterocycles. The molecular formula is C11H7IN2. The van der Waals surface area contributed by atoms with Crippen molar-refractivity contribution in [3.05, 3.63) is 42.6 Å². The summed E-state index contributed by atoms with van der Waals surface area (Å²) in [6.07, 6.45) is 1.83. The number of benzene rings is 1. The van der Waals surface area contributed by atoms with Crippen LogP contribution in [-0.4, -0.2) is 7.76 Å². The molecule has 0 fully saturated rings. The second kappa shape index (κ2) is 2.95. The summed E-state index contributed by atoms with van der Waals surface area (Å²) >= 11 is 2.29. The maximum atomic E-state index is 4.37. The van der Waals surface area contributed by atoms with Crippen LogP contribution < -0.4 is 0 Å². The maximum Gasteiger partial charge on any atom is 0.149 e. The highest BCUT2D eigenvalue weighted by atomic mass is 127. The van der Waals surface area contributed by atoms with Crippen LogP contribution in [0.3, 0.4) is 0 Å². The van der Waals surface area contributed by atoms with Gasteiger partial charge >= 0.3 is 0 Å². The lowest BCUT2D eigenvalue weighted by atomic mass is 10.2. The van der Waals surface area contributed by atoms with E-state index >= 15 is 0 Å². The van der Waals surface area contributed by atoms with Crippen molar-refractivity contribution >= 4 is 44.8 Å². The molecule has 14 heavy (non-hydrogen) atoms. The predicted molar refractivity (Wildman–Crippen MR) is 66.7 cm³/mol. The van der Waals surface area contributed by atoms with Crippen LogP contribution in [-0.2, 0) is 0 Å². The first kappa shape index (κ1) is 8.23. The summed E-state index contributed by atoms with van der Waals surface area (Å²) in [5.41, 5.74) is 2.26. The highest BCUT2D eigenvalue weighted by Crippen LogP contribution is 2.28. The molecule has 3 aromatic rings. The molecule has 0 radical (unpaired) electrons. The first-order valence-electron chi connectivity index (χ1n) is 4.38. The standard InChI is InChI=1S/C11H7IN2/c12-14-10-6-2-1-4-8(10)9-5-3-7-13-11(9)14/h1-7H. The van der Waals surface area contributed by atoms with Gasteiger partial charge in [0.25, 0.3) is 0 Å². The molecule has 0 aliphatic rings. The van der Waals surface area contributed by atoms with Crippen LogP contribution in [0.25, 0.3) is 21.9 Å². The molecule has 0 saturated carbocycles. The van der Waals surface area contributed by atoms with Gasteiger partial charge in [-0.15, -0.1) is 0 Å². The SMILES string of the molecule is In1c2ccccc2c2cccnc21. The summed E-state index contributed by atoms with van der Waals surface area (Å²) in [6, 6.07) is 12.4. The normalized spacial score (nSPS) is 11.2. The first-order chi connectivity index (χ1) is 6.88. The van der Waals surface area contributed by atoms with Crippen LogP contribution >= 0.6 is 22.9 Å². The topological polar surface area (TPSA) is 17.8 Å². The van der Waals surface area contributed by atoms with E-state index in [0.29, 0.717) is 0 Å². The number of pyridine rings is 1. The number of nitrogens with zero attached hydrogens (tertiary/aromatic N) is 2. The van der Waals surface area contributed by atoms with Gasteiger partial charge in [-0.1, -0.05) is 18.2 Å². The van der Waals surface area contributed by atoms with Crippen molar-refractivity contribution < 1.29 is 0 Å². The lowest BCUT2D eigenvalue weighted by molar-refractivity contribution is 1.33. The Kier molecular flexibility index (Phi) is 1.73. The van der Waals surface area contributed by atoms with E-state index in [1.807, 2.05) is 12.3 Å². The molecule has 0 N–H and O–H groups in total. The molecule has 2 heterocycles. The quantitative estimate of drug-likeness (QED) is 0.581. The summed E-state index contributed by atoms with van der Waals surface area (Å²) in [5.74, 6) is 0. The van der Waals surface area contributed by atoms with Crippen LogP contribution in [0.15, 0.2) is 42.6 Å². The zero-order chi connectivity index (χ0) is 9.54. The third kappa shape index (κ3) is 0.987. The van der Waals surface area contributed by atoms with Crippen LogP contribution in [0.1, 0.15) is 0 Å². The van der Waals surface area contributed by atoms with Crippen molar-refractivity contribution in [1.82, 2.24) is 7.76 Å². The molecule has 0 unspecified atom stereocenters. The molecule has 0 spiro atoms. The highest BCUT2D eigenvalue weighted by Gasteiger charge is 2.07. The smallest absolute Gasteiger partial charge is 0.149 e. The van der Waals surface area contributed by atoms with Gasteiger partial charge in [0.15, 0.2) is 0 Å². The molecule has 0 bridgehead atoms. The second-order valence-corrected chi connectivity index (χ2v) is 4.14. The Labute approximate surface area is 95.1 Å². The Morgan fingerprint density at radius 3 is 2.71 bits per heavy atom. The second-order valence-electron chi connectivity index (χ2n) is 3.17. The number of rotatable bonds is 0. The number of para-hydroxylation sites is 1. The molecule has 3 heteroatoms. The predicted octanol–water partition coefficient (Wildman–Crippen LogP) is 3.39. The summed E-state index contributed by atoms with van der Waals surface area (Å²) in [5, 5.41) is 2.49. The minimum atomic E-state index is 1.04. The third-order valence-corrected chi connectivity index (χ3v) is 3.36. The zero-order valence-corrected chi connectivity index (χ0v) is 9.47. The Balaban J connectivity index is 2.69. The van der Waals surface area contributed by atoms with Crippen molar-refractivity contribution in [1.29, 1.82) is 0 Å². The van der Waals surface area contributed by atoms with E-state index in [4.69, 9.17) is 0 Å². The molecule has 1 aromatic carbocycles. The Hall–Kier alpha value is -1.10. The lowest BCUT2D eigenvalue weighted by Gasteiger charge is -1.91. The number of hydrogen-bond acceptors (Lipinski definition) is 1. The molecule has 0 amide bonds. The van der Waals surface area contributed by atoms with Gasteiger partial charge in [-0.05, 0) is 18.2 Å². The molecule has 2 aromatic heterocycles. The molecule has 3 rings (SSSR count). The number of fused-ring (bicyclic) bond motifs is 3.